The van der Waals surface area contributed by atoms with Crippen molar-refractivity contribution >= 4 is 10.2 Å². The summed E-state index contributed by atoms with van der Waals surface area (Å²) >= 11 is 0. The highest BCUT2D eigenvalue weighted by Gasteiger charge is 2.32. The van der Waals surface area contributed by atoms with Crippen LogP contribution < -0.4 is 4.72 Å². The largest absolute Gasteiger partial charge is 0.395 e. The third-order valence-corrected chi connectivity index (χ3v) is 5.89. The smallest absolute Gasteiger partial charge is 0.279 e. The number of rotatable bonds is 6. The van der Waals surface area contributed by atoms with Crippen LogP contribution in [-0.4, -0.2) is 80.8 Å². The molecule has 0 aromatic heterocycles. The number of ether oxygens (including phenoxy) is 1. The predicted molar refractivity (Wildman–Crippen MR) is 80.2 cm³/mol. The quantitative estimate of drug-likeness (QED) is 0.682. The summed E-state index contributed by atoms with van der Waals surface area (Å²) in [6.45, 7) is 5.98. The molecule has 0 aliphatic carbocycles. The molecule has 2 heterocycles. The molecule has 0 saturated carbocycles. The molecule has 2 atom stereocenters. The van der Waals surface area contributed by atoms with E-state index in [0.29, 0.717) is 13.2 Å². The summed E-state index contributed by atoms with van der Waals surface area (Å²) in [6, 6.07) is -0.296. The molecule has 124 valence electrons. The lowest BCUT2D eigenvalue weighted by Crippen LogP contribution is -2.53. The van der Waals surface area contributed by atoms with E-state index in [4.69, 9.17) is 4.74 Å². The van der Waals surface area contributed by atoms with E-state index in [0.717, 1.165) is 38.9 Å². The second-order valence-corrected chi connectivity index (χ2v) is 7.39. The number of aliphatic hydroxyl groups is 1. The molecule has 2 rings (SSSR count). The number of nitrogens with zero attached hydrogens (tertiary/aromatic N) is 2. The van der Waals surface area contributed by atoms with Gasteiger partial charge >= 0.3 is 0 Å². The highest BCUT2D eigenvalue weighted by atomic mass is 32.2. The summed E-state index contributed by atoms with van der Waals surface area (Å²) in [6.07, 6.45) is 2.43. The Bertz CT molecular complexity index is 418. The van der Waals surface area contributed by atoms with Crippen LogP contribution in [-0.2, 0) is 14.9 Å². The Balaban J connectivity index is 1.88. The second-order valence-electron chi connectivity index (χ2n) is 5.68. The Labute approximate surface area is 127 Å². The van der Waals surface area contributed by atoms with Gasteiger partial charge in [0.1, 0.15) is 0 Å². The number of morpholine rings is 1. The van der Waals surface area contributed by atoms with Crippen LogP contribution in [0.5, 0.6) is 0 Å². The maximum atomic E-state index is 12.4. The van der Waals surface area contributed by atoms with Gasteiger partial charge in [0.2, 0.25) is 0 Å². The molecule has 2 aliphatic rings. The van der Waals surface area contributed by atoms with Gasteiger partial charge in [-0.1, -0.05) is 13.3 Å². The molecule has 2 fully saturated rings. The number of hydrogen-bond acceptors (Lipinski definition) is 5. The van der Waals surface area contributed by atoms with Gasteiger partial charge < -0.3 is 9.84 Å². The van der Waals surface area contributed by atoms with E-state index in [1.54, 1.807) is 0 Å². The Morgan fingerprint density at radius 2 is 2.14 bits per heavy atom. The van der Waals surface area contributed by atoms with Gasteiger partial charge in [-0.25, -0.2) is 0 Å². The molecule has 2 N–H and O–H groups in total. The molecule has 0 bridgehead atoms. The van der Waals surface area contributed by atoms with Gasteiger partial charge in [0, 0.05) is 32.2 Å². The molecular weight excluding hydrogens is 294 g/mol. The van der Waals surface area contributed by atoms with Crippen molar-refractivity contribution in [3.8, 4) is 0 Å². The number of aliphatic hydroxyl groups excluding tert-OH is 1. The molecule has 0 radical (unpaired) electrons. The van der Waals surface area contributed by atoms with Gasteiger partial charge in [0.05, 0.1) is 19.3 Å². The number of piperidine rings is 1. The van der Waals surface area contributed by atoms with Crippen molar-refractivity contribution in [2.75, 3.05) is 45.9 Å². The summed E-state index contributed by atoms with van der Waals surface area (Å²) in [5.74, 6) is 0. The van der Waals surface area contributed by atoms with E-state index in [1.807, 2.05) is 0 Å². The summed E-state index contributed by atoms with van der Waals surface area (Å²) in [4.78, 5) is 2.25. The molecule has 21 heavy (non-hydrogen) atoms. The molecule has 2 saturated heterocycles. The van der Waals surface area contributed by atoms with Crippen molar-refractivity contribution in [2.45, 2.75) is 38.3 Å². The lowest BCUT2D eigenvalue weighted by atomic mass is 10.1. The maximum absolute atomic E-state index is 12.4. The molecule has 0 amide bonds. The van der Waals surface area contributed by atoms with Crippen molar-refractivity contribution in [1.82, 2.24) is 13.9 Å². The van der Waals surface area contributed by atoms with Crippen LogP contribution in [0.4, 0.5) is 0 Å². The van der Waals surface area contributed by atoms with E-state index in [2.05, 4.69) is 16.5 Å². The first-order chi connectivity index (χ1) is 10.1. The Morgan fingerprint density at radius 1 is 1.33 bits per heavy atom. The zero-order valence-electron chi connectivity index (χ0n) is 12.7. The average Bonchev–Trinajstić information content (AvgIpc) is 2.53. The normalized spacial score (nSPS) is 29.6. The van der Waals surface area contributed by atoms with E-state index >= 15 is 0 Å². The lowest BCUT2D eigenvalue weighted by molar-refractivity contribution is -0.0231. The lowest BCUT2D eigenvalue weighted by Gasteiger charge is -2.35. The minimum Gasteiger partial charge on any atom is -0.395 e. The molecule has 0 aromatic rings. The Hall–Kier alpha value is -0.250. The van der Waals surface area contributed by atoms with Gasteiger partial charge in [-0.05, 0) is 19.4 Å². The minimum absolute atomic E-state index is 0.106. The molecule has 2 unspecified atom stereocenters. The Morgan fingerprint density at radius 3 is 2.86 bits per heavy atom. The van der Waals surface area contributed by atoms with Crippen molar-refractivity contribution in [2.24, 2.45) is 0 Å². The zero-order chi connectivity index (χ0) is 15.3. The predicted octanol–water partition coefficient (Wildman–Crippen LogP) is -0.612. The minimum atomic E-state index is -3.54. The van der Waals surface area contributed by atoms with Crippen molar-refractivity contribution in [1.29, 1.82) is 0 Å². The van der Waals surface area contributed by atoms with Crippen LogP contribution in [0.15, 0.2) is 0 Å². The molecule has 0 spiro atoms. The first-order valence-electron chi connectivity index (χ1n) is 7.78. The maximum Gasteiger partial charge on any atom is 0.279 e. The SMILES string of the molecule is CCN1CCOC(CNS(=O)(=O)N2CCCCC2CO)C1. The topological polar surface area (TPSA) is 82.1 Å². The van der Waals surface area contributed by atoms with E-state index in [9.17, 15) is 13.5 Å². The molecule has 7 nitrogen and oxygen atoms in total. The number of nitrogens with one attached hydrogen (secondary N) is 1. The fourth-order valence-electron chi connectivity index (χ4n) is 2.95. The molecular formula is C13H27N3O4S. The summed E-state index contributed by atoms with van der Waals surface area (Å²) in [5.41, 5.74) is 0. The van der Waals surface area contributed by atoms with Gasteiger partial charge in [0.15, 0.2) is 0 Å². The van der Waals surface area contributed by atoms with Crippen LogP contribution in [0.2, 0.25) is 0 Å². The zero-order valence-corrected chi connectivity index (χ0v) is 13.5. The first-order valence-corrected chi connectivity index (χ1v) is 9.22. The standard InChI is InChI=1S/C13H27N3O4S/c1-2-15-7-8-20-13(10-15)9-14-21(18,19)16-6-4-3-5-12(16)11-17/h12-14,17H,2-11H2,1H3. The fraction of sp³-hybridized carbons (Fsp3) is 1.00. The monoisotopic (exact) mass is 321 g/mol. The van der Waals surface area contributed by atoms with Crippen molar-refractivity contribution < 1.29 is 18.3 Å². The van der Waals surface area contributed by atoms with Crippen LogP contribution in [0.1, 0.15) is 26.2 Å². The van der Waals surface area contributed by atoms with E-state index < -0.39 is 10.2 Å². The second kappa shape index (κ2) is 7.85. The van der Waals surface area contributed by atoms with Crippen molar-refractivity contribution in [3.05, 3.63) is 0 Å². The van der Waals surface area contributed by atoms with Crippen LogP contribution >= 0.6 is 0 Å². The van der Waals surface area contributed by atoms with Crippen molar-refractivity contribution in [3.63, 3.8) is 0 Å². The van der Waals surface area contributed by atoms with Crippen LogP contribution in [0, 0.1) is 0 Å². The third kappa shape index (κ3) is 4.61. The van der Waals surface area contributed by atoms with Gasteiger partial charge in [-0.15, -0.1) is 0 Å². The van der Waals surface area contributed by atoms with Gasteiger partial charge in [-0.3, -0.25) is 4.90 Å². The van der Waals surface area contributed by atoms with Gasteiger partial charge in [0.25, 0.3) is 10.2 Å². The highest BCUT2D eigenvalue weighted by Crippen LogP contribution is 2.19. The highest BCUT2D eigenvalue weighted by molar-refractivity contribution is 7.87. The van der Waals surface area contributed by atoms with Crippen LogP contribution in [0.25, 0.3) is 0 Å². The molecule has 0 aromatic carbocycles. The number of hydrogen-bond donors (Lipinski definition) is 2. The third-order valence-electron chi connectivity index (χ3n) is 4.26. The van der Waals surface area contributed by atoms with E-state index in [-0.39, 0.29) is 25.3 Å². The van der Waals surface area contributed by atoms with Gasteiger partial charge in [-0.2, -0.15) is 17.4 Å². The summed E-state index contributed by atoms with van der Waals surface area (Å²) < 4.78 is 34.4. The van der Waals surface area contributed by atoms with E-state index in [1.165, 1.54) is 4.31 Å². The summed E-state index contributed by atoms with van der Waals surface area (Å²) in [7, 11) is -3.54. The van der Waals surface area contributed by atoms with Crippen LogP contribution in [0.3, 0.4) is 0 Å². The average molecular weight is 321 g/mol. The molecule has 2 aliphatic heterocycles. The summed E-state index contributed by atoms with van der Waals surface area (Å²) in [5, 5.41) is 9.34. The first kappa shape index (κ1) is 17.1. The number of likely N-dealkylation sites (N-methyl/N-ethyl adjacent to an activating group) is 1. The fourth-order valence-corrected chi connectivity index (χ4v) is 4.44. The Kier molecular flexibility index (Phi) is 6.39. The molecule has 8 heteroatoms.